The molecule has 0 fully saturated rings. The van der Waals surface area contributed by atoms with E-state index in [1.807, 2.05) is 41.3 Å². The fraction of sp³-hybridized carbons (Fsp3) is 0.458. The van der Waals surface area contributed by atoms with Crippen molar-refractivity contribution < 1.29 is 19.1 Å². The number of rotatable bonds is 11. The third kappa shape index (κ3) is 6.90. The molecule has 0 spiro atoms. The van der Waals surface area contributed by atoms with Crippen molar-refractivity contribution in [3.8, 4) is 0 Å². The first kappa shape index (κ1) is 22.4. The summed E-state index contributed by atoms with van der Waals surface area (Å²) in [6, 6.07) is 16.7. The van der Waals surface area contributed by atoms with Gasteiger partial charge < -0.3 is 14.7 Å². The van der Waals surface area contributed by atoms with Gasteiger partial charge in [-0.2, -0.15) is 0 Å². The Morgan fingerprint density at radius 1 is 1.13 bits per heavy atom. The van der Waals surface area contributed by atoms with E-state index in [1.54, 1.807) is 12.1 Å². The molecule has 0 amide bonds. The van der Waals surface area contributed by atoms with Crippen molar-refractivity contribution in [1.29, 1.82) is 0 Å². The van der Waals surface area contributed by atoms with Gasteiger partial charge in [-0.1, -0.05) is 67.5 Å². The standard InChI is InChI=1S/C24H31FN2O3/c1-18(2)16-29-17-21(28)14-27(13-20-10-6-7-11-23(20)25)15-22-12-24(26-30-22)19-8-4-3-5-9-19/h3-11,18,21-22,28H,12-17H2,1-2H3/t21-,22-/m1/s1. The third-order valence-electron chi connectivity index (χ3n) is 4.88. The fourth-order valence-corrected chi connectivity index (χ4v) is 3.48. The Balaban J connectivity index is 1.60. The molecule has 0 saturated heterocycles. The smallest absolute Gasteiger partial charge is 0.145 e. The summed E-state index contributed by atoms with van der Waals surface area (Å²) < 4.78 is 19.8. The zero-order chi connectivity index (χ0) is 21.3. The Labute approximate surface area is 178 Å². The van der Waals surface area contributed by atoms with Crippen molar-refractivity contribution in [1.82, 2.24) is 4.90 Å². The number of hydrogen-bond acceptors (Lipinski definition) is 5. The van der Waals surface area contributed by atoms with Crippen molar-refractivity contribution in [3.63, 3.8) is 0 Å². The molecule has 0 bridgehead atoms. The van der Waals surface area contributed by atoms with Gasteiger partial charge in [-0.05, 0) is 17.5 Å². The van der Waals surface area contributed by atoms with Crippen molar-refractivity contribution >= 4 is 5.71 Å². The zero-order valence-electron chi connectivity index (χ0n) is 17.7. The van der Waals surface area contributed by atoms with Gasteiger partial charge in [0.2, 0.25) is 0 Å². The summed E-state index contributed by atoms with van der Waals surface area (Å²) in [6.07, 6.45) is -0.125. The number of oxime groups is 1. The quantitative estimate of drug-likeness (QED) is 0.607. The first-order valence-corrected chi connectivity index (χ1v) is 10.5. The highest BCUT2D eigenvalue weighted by Gasteiger charge is 2.26. The van der Waals surface area contributed by atoms with Gasteiger partial charge in [0.25, 0.3) is 0 Å². The summed E-state index contributed by atoms with van der Waals surface area (Å²) in [5, 5.41) is 14.7. The molecule has 2 aromatic rings. The predicted molar refractivity (Wildman–Crippen MR) is 116 cm³/mol. The van der Waals surface area contributed by atoms with E-state index in [-0.39, 0.29) is 18.5 Å². The predicted octanol–water partition coefficient (Wildman–Crippen LogP) is 3.85. The van der Waals surface area contributed by atoms with Gasteiger partial charge in [0.1, 0.15) is 11.9 Å². The van der Waals surface area contributed by atoms with E-state index in [0.717, 1.165) is 11.3 Å². The number of ether oxygens (including phenoxy) is 1. The second kappa shape index (κ2) is 11.2. The van der Waals surface area contributed by atoms with Gasteiger partial charge in [0.05, 0.1) is 18.4 Å². The van der Waals surface area contributed by atoms with Crippen LogP contribution in [0.15, 0.2) is 59.8 Å². The normalized spacial score (nSPS) is 17.3. The van der Waals surface area contributed by atoms with Crippen LogP contribution in [0, 0.1) is 11.7 Å². The highest BCUT2D eigenvalue weighted by molar-refractivity contribution is 6.01. The number of aliphatic hydroxyl groups is 1. The minimum atomic E-state index is -0.661. The highest BCUT2D eigenvalue weighted by atomic mass is 19.1. The van der Waals surface area contributed by atoms with E-state index in [9.17, 15) is 9.50 Å². The van der Waals surface area contributed by atoms with E-state index in [2.05, 4.69) is 19.0 Å². The molecule has 2 aromatic carbocycles. The number of nitrogens with zero attached hydrogens (tertiary/aromatic N) is 2. The van der Waals surface area contributed by atoms with Crippen LogP contribution in [-0.2, 0) is 16.1 Å². The largest absolute Gasteiger partial charge is 0.390 e. The summed E-state index contributed by atoms with van der Waals surface area (Å²) in [5.74, 6) is 0.161. The first-order valence-electron chi connectivity index (χ1n) is 10.5. The molecular formula is C24H31FN2O3. The Kier molecular flexibility index (Phi) is 8.37. The molecule has 0 unspecified atom stereocenters. The minimum Gasteiger partial charge on any atom is -0.390 e. The van der Waals surface area contributed by atoms with Crippen LogP contribution in [0.3, 0.4) is 0 Å². The molecule has 2 atom stereocenters. The summed E-state index contributed by atoms with van der Waals surface area (Å²) in [5.41, 5.74) is 2.55. The lowest BCUT2D eigenvalue weighted by molar-refractivity contribution is -0.00755. The lowest BCUT2D eigenvalue weighted by Gasteiger charge is -2.27. The van der Waals surface area contributed by atoms with Crippen LogP contribution < -0.4 is 0 Å². The van der Waals surface area contributed by atoms with Gasteiger partial charge >= 0.3 is 0 Å². The summed E-state index contributed by atoms with van der Waals surface area (Å²) in [7, 11) is 0. The maximum atomic E-state index is 14.2. The molecule has 1 heterocycles. The van der Waals surface area contributed by atoms with Crippen LogP contribution in [0.4, 0.5) is 4.39 Å². The maximum absolute atomic E-state index is 14.2. The Hall–Kier alpha value is -2.28. The summed E-state index contributed by atoms with van der Waals surface area (Å²) in [6.45, 7) is 6.28. The molecule has 1 N–H and O–H groups in total. The second-order valence-corrected chi connectivity index (χ2v) is 8.21. The molecule has 0 saturated carbocycles. The second-order valence-electron chi connectivity index (χ2n) is 8.21. The highest BCUT2D eigenvalue weighted by Crippen LogP contribution is 2.19. The van der Waals surface area contributed by atoms with Crippen LogP contribution in [0.5, 0.6) is 0 Å². The van der Waals surface area contributed by atoms with Crippen LogP contribution in [-0.4, -0.2) is 54.2 Å². The van der Waals surface area contributed by atoms with Crippen molar-refractivity contribution in [2.24, 2.45) is 11.1 Å². The average molecular weight is 415 g/mol. The number of benzene rings is 2. The zero-order valence-corrected chi connectivity index (χ0v) is 17.7. The van der Waals surface area contributed by atoms with Gasteiger partial charge in [-0.25, -0.2) is 4.39 Å². The third-order valence-corrected chi connectivity index (χ3v) is 4.88. The van der Waals surface area contributed by atoms with Crippen LogP contribution in [0.2, 0.25) is 0 Å². The molecule has 5 nitrogen and oxygen atoms in total. The molecule has 162 valence electrons. The molecule has 3 rings (SSSR count). The molecule has 1 aliphatic heterocycles. The molecule has 30 heavy (non-hydrogen) atoms. The van der Waals surface area contributed by atoms with Gasteiger partial charge in [-0.15, -0.1) is 0 Å². The Bertz CT molecular complexity index is 813. The molecule has 0 aromatic heterocycles. The lowest BCUT2D eigenvalue weighted by atomic mass is 10.0. The fourth-order valence-electron chi connectivity index (χ4n) is 3.48. The van der Waals surface area contributed by atoms with E-state index in [1.165, 1.54) is 6.07 Å². The van der Waals surface area contributed by atoms with Gasteiger partial charge in [0, 0.05) is 38.2 Å². The van der Waals surface area contributed by atoms with Crippen LogP contribution in [0.1, 0.15) is 31.4 Å². The maximum Gasteiger partial charge on any atom is 0.145 e. The molecular weight excluding hydrogens is 383 g/mol. The number of halogens is 1. The SMILES string of the molecule is CC(C)COC[C@H](O)CN(Cc1ccccc1F)C[C@H]1CC(c2ccccc2)=NO1. The van der Waals surface area contributed by atoms with Gasteiger partial charge in [0.15, 0.2) is 0 Å². The number of aliphatic hydroxyl groups excluding tert-OH is 1. The van der Waals surface area contributed by atoms with E-state index < -0.39 is 6.10 Å². The monoisotopic (exact) mass is 414 g/mol. The minimum absolute atomic E-state index is 0.143. The van der Waals surface area contributed by atoms with E-state index >= 15 is 0 Å². The Morgan fingerprint density at radius 3 is 2.60 bits per heavy atom. The topological polar surface area (TPSA) is 54.3 Å². The summed E-state index contributed by atoms with van der Waals surface area (Å²) >= 11 is 0. The number of hydrogen-bond donors (Lipinski definition) is 1. The lowest BCUT2D eigenvalue weighted by Crippen LogP contribution is -2.39. The van der Waals surface area contributed by atoms with Crippen LogP contribution in [0.25, 0.3) is 0 Å². The molecule has 0 radical (unpaired) electrons. The van der Waals surface area contributed by atoms with Crippen molar-refractivity contribution in [3.05, 3.63) is 71.5 Å². The molecule has 0 aliphatic carbocycles. The van der Waals surface area contributed by atoms with E-state index in [0.29, 0.717) is 44.1 Å². The van der Waals surface area contributed by atoms with Gasteiger partial charge in [-0.3, -0.25) is 4.90 Å². The van der Waals surface area contributed by atoms with E-state index in [4.69, 9.17) is 9.57 Å². The average Bonchev–Trinajstić information content (AvgIpc) is 3.18. The summed E-state index contributed by atoms with van der Waals surface area (Å²) in [4.78, 5) is 7.66. The first-order chi connectivity index (χ1) is 14.5. The molecule has 6 heteroatoms. The van der Waals surface area contributed by atoms with Crippen molar-refractivity contribution in [2.45, 2.75) is 39.0 Å². The van der Waals surface area contributed by atoms with Crippen molar-refractivity contribution in [2.75, 3.05) is 26.3 Å². The molecule has 1 aliphatic rings. The van der Waals surface area contributed by atoms with Crippen LogP contribution >= 0.6 is 0 Å². The Morgan fingerprint density at radius 2 is 1.87 bits per heavy atom.